The van der Waals surface area contributed by atoms with Crippen LogP contribution in [0.3, 0.4) is 0 Å². The summed E-state index contributed by atoms with van der Waals surface area (Å²) in [5.74, 6) is 0.0885. The first-order valence-electron chi connectivity index (χ1n) is 10.9. The summed E-state index contributed by atoms with van der Waals surface area (Å²) in [4.78, 5) is 31.0. The molecule has 172 valence electrons. The molecule has 10 heteroatoms. The number of para-hydroxylation sites is 1. The van der Waals surface area contributed by atoms with Crippen LogP contribution in [0, 0.1) is 0 Å². The summed E-state index contributed by atoms with van der Waals surface area (Å²) in [6, 6.07) is 15.4. The first-order valence-corrected chi connectivity index (χ1v) is 12.7. The van der Waals surface area contributed by atoms with E-state index in [1.54, 1.807) is 12.4 Å². The van der Waals surface area contributed by atoms with Crippen LogP contribution in [0.2, 0.25) is 0 Å². The second kappa shape index (κ2) is 10.2. The largest absolute Gasteiger partial charge is 0.279 e. The summed E-state index contributed by atoms with van der Waals surface area (Å²) < 4.78 is 1.89. The van der Waals surface area contributed by atoms with Crippen molar-refractivity contribution in [3.8, 4) is 17.1 Å². The van der Waals surface area contributed by atoms with E-state index in [0.29, 0.717) is 15.9 Å². The maximum atomic E-state index is 12.5. The molecule has 0 unspecified atom stereocenters. The number of hydrogen-bond donors (Lipinski definition) is 2. The van der Waals surface area contributed by atoms with Gasteiger partial charge < -0.3 is 0 Å². The molecule has 3 aromatic heterocycles. The van der Waals surface area contributed by atoms with Crippen LogP contribution in [0.25, 0.3) is 17.1 Å². The molecule has 3 heterocycles. The lowest BCUT2D eigenvalue weighted by molar-refractivity contribution is -0.119. The lowest BCUT2D eigenvalue weighted by Crippen LogP contribution is -2.42. The van der Waals surface area contributed by atoms with Crippen molar-refractivity contribution < 1.29 is 9.59 Å². The number of thioether (sulfide) groups is 1. The molecule has 1 aliphatic rings. The number of amides is 2. The summed E-state index contributed by atoms with van der Waals surface area (Å²) in [7, 11) is 0. The van der Waals surface area contributed by atoms with Crippen molar-refractivity contribution in [2.24, 2.45) is 0 Å². The van der Waals surface area contributed by atoms with Crippen LogP contribution in [0.1, 0.15) is 33.0 Å². The Bertz CT molecular complexity index is 1280. The second-order valence-electron chi connectivity index (χ2n) is 7.78. The number of carbonyl (C=O) groups excluding carboxylic acids is 2. The number of aromatic nitrogens is 4. The summed E-state index contributed by atoms with van der Waals surface area (Å²) in [5, 5.41) is 9.21. The molecule has 0 radical (unpaired) electrons. The maximum Gasteiger partial charge on any atom is 0.279 e. The van der Waals surface area contributed by atoms with Gasteiger partial charge >= 0.3 is 0 Å². The standard InChI is InChI=1S/C24H22N6O2S2/c31-21(26-28-23(32)20-13-16-7-4-5-11-19(16)34-20)15-33-24-29-27-22(17-8-6-12-25-14-17)30(24)18-9-2-1-3-10-18/h1-3,6,8-10,12-14H,4-5,7,11,15H2,(H,26,31)(H,28,32). The van der Waals surface area contributed by atoms with E-state index in [0.717, 1.165) is 30.5 Å². The van der Waals surface area contributed by atoms with Gasteiger partial charge in [-0.25, -0.2) is 0 Å². The van der Waals surface area contributed by atoms with Crippen LogP contribution in [0.5, 0.6) is 0 Å². The third kappa shape index (κ3) is 4.87. The van der Waals surface area contributed by atoms with E-state index >= 15 is 0 Å². The van der Waals surface area contributed by atoms with Gasteiger partial charge in [0, 0.05) is 28.5 Å². The number of aryl methyl sites for hydroxylation is 2. The molecule has 2 amide bonds. The van der Waals surface area contributed by atoms with Crippen LogP contribution >= 0.6 is 23.1 Å². The number of hydrazine groups is 1. The third-order valence-electron chi connectivity index (χ3n) is 5.44. The van der Waals surface area contributed by atoms with Gasteiger partial charge in [0.1, 0.15) is 0 Å². The van der Waals surface area contributed by atoms with Crippen molar-refractivity contribution in [3.05, 3.63) is 76.2 Å². The van der Waals surface area contributed by atoms with E-state index in [2.05, 4.69) is 26.0 Å². The highest BCUT2D eigenvalue weighted by molar-refractivity contribution is 7.99. The van der Waals surface area contributed by atoms with Gasteiger partial charge in [0.2, 0.25) is 5.91 Å². The van der Waals surface area contributed by atoms with Gasteiger partial charge in [-0.05, 0) is 61.6 Å². The molecule has 34 heavy (non-hydrogen) atoms. The maximum absolute atomic E-state index is 12.5. The highest BCUT2D eigenvalue weighted by Gasteiger charge is 2.19. The number of thiophene rings is 1. The molecule has 0 fully saturated rings. The number of fused-ring (bicyclic) bond motifs is 1. The molecular formula is C24H22N6O2S2. The molecule has 5 rings (SSSR count). The lowest BCUT2D eigenvalue weighted by atomic mass is 9.99. The number of pyridine rings is 1. The van der Waals surface area contributed by atoms with Crippen LogP contribution in [-0.2, 0) is 17.6 Å². The Labute approximate surface area is 204 Å². The molecule has 0 bridgehead atoms. The molecule has 1 aliphatic carbocycles. The predicted octanol–water partition coefficient (Wildman–Crippen LogP) is 3.82. The van der Waals surface area contributed by atoms with Crippen molar-refractivity contribution in [1.29, 1.82) is 0 Å². The molecule has 0 aliphatic heterocycles. The topological polar surface area (TPSA) is 102 Å². The zero-order chi connectivity index (χ0) is 23.3. The molecule has 8 nitrogen and oxygen atoms in total. The van der Waals surface area contributed by atoms with E-state index in [9.17, 15) is 9.59 Å². The highest BCUT2D eigenvalue weighted by Crippen LogP contribution is 2.30. The van der Waals surface area contributed by atoms with Gasteiger partial charge in [-0.2, -0.15) is 0 Å². The Kier molecular flexibility index (Phi) is 6.68. The molecule has 0 spiro atoms. The zero-order valence-electron chi connectivity index (χ0n) is 18.2. The van der Waals surface area contributed by atoms with E-state index in [4.69, 9.17) is 0 Å². The fourth-order valence-electron chi connectivity index (χ4n) is 3.81. The van der Waals surface area contributed by atoms with Crippen LogP contribution in [0.4, 0.5) is 0 Å². The van der Waals surface area contributed by atoms with Gasteiger partial charge in [0.15, 0.2) is 11.0 Å². The summed E-state index contributed by atoms with van der Waals surface area (Å²) in [6.07, 6.45) is 7.80. The monoisotopic (exact) mass is 490 g/mol. The van der Waals surface area contributed by atoms with Gasteiger partial charge in [0.25, 0.3) is 5.91 Å². The van der Waals surface area contributed by atoms with Gasteiger partial charge in [-0.1, -0.05) is 30.0 Å². The number of hydrogen-bond acceptors (Lipinski definition) is 7. The van der Waals surface area contributed by atoms with Crippen molar-refractivity contribution in [2.45, 2.75) is 30.8 Å². The quantitative estimate of drug-likeness (QED) is 0.315. The summed E-state index contributed by atoms with van der Waals surface area (Å²) in [6.45, 7) is 0. The van der Waals surface area contributed by atoms with E-state index in [-0.39, 0.29) is 17.6 Å². The Morgan fingerprint density at radius 2 is 1.88 bits per heavy atom. The number of nitrogens with zero attached hydrogens (tertiary/aromatic N) is 4. The first-order chi connectivity index (χ1) is 16.7. The van der Waals surface area contributed by atoms with Gasteiger partial charge in [-0.15, -0.1) is 21.5 Å². The lowest BCUT2D eigenvalue weighted by Gasteiger charge is -2.10. The molecule has 1 aromatic carbocycles. The summed E-state index contributed by atoms with van der Waals surface area (Å²) in [5.41, 5.74) is 7.99. The Balaban J connectivity index is 1.25. The Morgan fingerprint density at radius 1 is 1.03 bits per heavy atom. The average molecular weight is 491 g/mol. The minimum absolute atomic E-state index is 0.0687. The van der Waals surface area contributed by atoms with Crippen LogP contribution in [-0.4, -0.2) is 37.3 Å². The van der Waals surface area contributed by atoms with E-state index in [1.165, 1.54) is 40.0 Å². The highest BCUT2D eigenvalue weighted by atomic mass is 32.2. The minimum Gasteiger partial charge on any atom is -0.272 e. The number of nitrogens with one attached hydrogen (secondary N) is 2. The summed E-state index contributed by atoms with van der Waals surface area (Å²) >= 11 is 2.75. The minimum atomic E-state index is -0.329. The van der Waals surface area contributed by atoms with Crippen molar-refractivity contribution >= 4 is 34.9 Å². The Morgan fingerprint density at radius 3 is 2.68 bits per heavy atom. The van der Waals surface area contributed by atoms with Crippen molar-refractivity contribution in [3.63, 3.8) is 0 Å². The smallest absolute Gasteiger partial charge is 0.272 e. The number of benzene rings is 1. The number of rotatable bonds is 6. The predicted molar refractivity (Wildman–Crippen MR) is 132 cm³/mol. The van der Waals surface area contributed by atoms with E-state index in [1.807, 2.05) is 53.1 Å². The third-order valence-corrected chi connectivity index (χ3v) is 7.60. The molecular weight excluding hydrogens is 468 g/mol. The van der Waals surface area contributed by atoms with Crippen LogP contribution < -0.4 is 10.9 Å². The molecule has 4 aromatic rings. The zero-order valence-corrected chi connectivity index (χ0v) is 19.9. The molecule has 2 N–H and O–H groups in total. The van der Waals surface area contributed by atoms with Crippen molar-refractivity contribution in [2.75, 3.05) is 5.75 Å². The normalized spacial score (nSPS) is 12.7. The van der Waals surface area contributed by atoms with Crippen molar-refractivity contribution in [1.82, 2.24) is 30.6 Å². The van der Waals surface area contributed by atoms with Gasteiger partial charge in [0.05, 0.1) is 10.6 Å². The fourth-order valence-corrected chi connectivity index (χ4v) is 5.71. The second-order valence-corrected chi connectivity index (χ2v) is 9.86. The Hall–Kier alpha value is -3.50. The molecule has 0 saturated heterocycles. The number of carbonyl (C=O) groups is 2. The van der Waals surface area contributed by atoms with E-state index < -0.39 is 0 Å². The molecule has 0 atom stereocenters. The molecule has 0 saturated carbocycles. The fraction of sp³-hybridized carbons (Fsp3) is 0.208. The first kappa shape index (κ1) is 22.3. The average Bonchev–Trinajstić information content (AvgIpc) is 3.51. The van der Waals surface area contributed by atoms with Gasteiger partial charge in [-0.3, -0.25) is 30.0 Å². The van der Waals surface area contributed by atoms with Crippen LogP contribution in [0.15, 0.2) is 66.1 Å². The SMILES string of the molecule is O=C(CSc1nnc(-c2cccnc2)n1-c1ccccc1)NNC(=O)c1cc2c(s1)CCCC2.